The minimum atomic E-state index is -1.20. The number of nitrogens with one attached hydrogen (secondary N) is 1. The molecule has 132 valence electrons. The van der Waals surface area contributed by atoms with Gasteiger partial charge in [0.15, 0.2) is 0 Å². The highest BCUT2D eigenvalue weighted by atomic mass is 35.5. The first-order valence-electron chi connectivity index (χ1n) is 8.56. The van der Waals surface area contributed by atoms with Crippen LogP contribution in [0.4, 0.5) is 0 Å². The molecule has 2 aliphatic carbocycles. The van der Waals surface area contributed by atoms with Crippen LogP contribution in [0, 0.1) is 29.1 Å². The van der Waals surface area contributed by atoms with Gasteiger partial charge in [0.25, 0.3) is 0 Å². The van der Waals surface area contributed by atoms with Gasteiger partial charge in [-0.1, -0.05) is 33.1 Å². The van der Waals surface area contributed by atoms with Gasteiger partial charge in [-0.2, -0.15) is 0 Å². The molecule has 3 unspecified atom stereocenters. The Morgan fingerprint density at radius 3 is 2.43 bits per heavy atom. The minimum Gasteiger partial charge on any atom is -0.383 e. The summed E-state index contributed by atoms with van der Waals surface area (Å²) in [6, 6.07) is -0.107. The Kier molecular flexibility index (Phi) is 5.44. The molecule has 0 aromatic rings. The van der Waals surface area contributed by atoms with E-state index in [1.54, 1.807) is 0 Å². The van der Waals surface area contributed by atoms with Crippen LogP contribution in [0.2, 0.25) is 0 Å². The zero-order valence-electron chi connectivity index (χ0n) is 14.0. The summed E-state index contributed by atoms with van der Waals surface area (Å²) in [6.45, 7) is 5.33. The summed E-state index contributed by atoms with van der Waals surface area (Å²) < 4.78 is 0. The number of halogens is 1. The Morgan fingerprint density at radius 1 is 1.35 bits per heavy atom. The maximum absolute atomic E-state index is 12.7. The number of Topliss-reactive ketones (excluding diaryl/α,β-unsaturated/α-hetero) is 1. The van der Waals surface area contributed by atoms with Crippen LogP contribution in [0.5, 0.6) is 0 Å². The number of primary amides is 1. The third-order valence-electron chi connectivity index (χ3n) is 6.47. The smallest absolute Gasteiger partial charge is 0.246 e. The number of rotatable bonds is 7. The van der Waals surface area contributed by atoms with E-state index in [0.29, 0.717) is 17.8 Å². The molecule has 3 rings (SSSR count). The first-order valence-corrected chi connectivity index (χ1v) is 8.56. The number of amides is 1. The predicted molar refractivity (Wildman–Crippen MR) is 90.1 cm³/mol. The normalized spacial score (nSPS) is 33.8. The van der Waals surface area contributed by atoms with E-state index in [9.17, 15) is 14.7 Å². The number of hydrogen-bond donors (Lipinski definition) is 3. The van der Waals surface area contributed by atoms with Crippen molar-refractivity contribution in [2.45, 2.75) is 58.1 Å². The molecule has 1 aliphatic heterocycles. The van der Waals surface area contributed by atoms with Crippen molar-refractivity contribution in [1.29, 1.82) is 0 Å². The fourth-order valence-corrected chi connectivity index (χ4v) is 4.63. The first kappa shape index (κ1) is 18.7. The molecule has 0 aromatic heterocycles. The molecule has 1 heterocycles. The van der Waals surface area contributed by atoms with Gasteiger partial charge in [0.05, 0.1) is 6.04 Å². The number of piperidine rings is 1. The van der Waals surface area contributed by atoms with Crippen molar-refractivity contribution in [1.82, 2.24) is 5.32 Å². The lowest BCUT2D eigenvalue weighted by atomic mass is 9.75. The molecule has 0 spiro atoms. The maximum atomic E-state index is 12.7. The average Bonchev–Trinajstić information content (AvgIpc) is 2.77. The summed E-state index contributed by atoms with van der Waals surface area (Å²) in [5, 5.41) is 13.4. The largest absolute Gasteiger partial charge is 0.383 e. The van der Waals surface area contributed by atoms with Crippen LogP contribution in [0.25, 0.3) is 0 Å². The quantitative estimate of drug-likeness (QED) is 0.648. The summed E-state index contributed by atoms with van der Waals surface area (Å²) in [5.74, 6) is 0.651. The summed E-state index contributed by atoms with van der Waals surface area (Å²) >= 11 is 0. The van der Waals surface area contributed by atoms with Gasteiger partial charge >= 0.3 is 0 Å². The van der Waals surface area contributed by atoms with Crippen molar-refractivity contribution in [3.63, 3.8) is 0 Å². The van der Waals surface area contributed by atoms with Gasteiger partial charge in [-0.15, -0.1) is 12.4 Å². The number of aliphatic hydroxyl groups is 1. The zero-order chi connectivity index (χ0) is 16.1. The number of fused-ring (bicyclic) bond motifs is 1. The van der Waals surface area contributed by atoms with Gasteiger partial charge in [-0.25, -0.2) is 0 Å². The van der Waals surface area contributed by atoms with Gasteiger partial charge in [-0.05, 0) is 36.1 Å². The van der Waals surface area contributed by atoms with E-state index in [1.165, 1.54) is 6.42 Å². The van der Waals surface area contributed by atoms with Crippen LogP contribution in [0.3, 0.4) is 0 Å². The Morgan fingerprint density at radius 2 is 2.00 bits per heavy atom. The van der Waals surface area contributed by atoms with Gasteiger partial charge in [0.1, 0.15) is 11.9 Å². The molecule has 0 aromatic carbocycles. The Labute approximate surface area is 144 Å². The van der Waals surface area contributed by atoms with E-state index in [0.717, 1.165) is 25.8 Å². The number of carbonyl (C=O) groups is 2. The molecule has 23 heavy (non-hydrogen) atoms. The fourth-order valence-electron chi connectivity index (χ4n) is 4.63. The lowest BCUT2D eigenvalue weighted by Crippen LogP contribution is -2.42. The van der Waals surface area contributed by atoms with E-state index in [4.69, 9.17) is 5.73 Å². The molecule has 4 N–H and O–H groups in total. The summed E-state index contributed by atoms with van der Waals surface area (Å²) in [5.41, 5.74) is 5.51. The van der Waals surface area contributed by atoms with E-state index in [1.807, 2.05) is 0 Å². The Balaban J connectivity index is 0.00000192. The molecule has 1 amide bonds. The molecule has 3 fully saturated rings. The number of hydrogen-bond acceptors (Lipinski definition) is 4. The lowest BCUT2D eigenvalue weighted by Gasteiger charge is -2.31. The number of ketones is 1. The predicted octanol–water partition coefficient (Wildman–Crippen LogP) is 1.26. The van der Waals surface area contributed by atoms with Crippen molar-refractivity contribution in [2.24, 2.45) is 34.8 Å². The molecule has 0 bridgehead atoms. The molecule has 5 atom stereocenters. The number of aliphatic hydroxyl groups excluding tert-OH is 1. The first-order chi connectivity index (χ1) is 10.3. The van der Waals surface area contributed by atoms with Crippen LogP contribution in [-0.4, -0.2) is 35.5 Å². The monoisotopic (exact) mass is 344 g/mol. The van der Waals surface area contributed by atoms with E-state index in [-0.39, 0.29) is 42.0 Å². The summed E-state index contributed by atoms with van der Waals surface area (Å²) in [7, 11) is 0. The average molecular weight is 345 g/mol. The molecular formula is C17H29ClN2O3. The van der Waals surface area contributed by atoms with Crippen LogP contribution in [0.15, 0.2) is 0 Å². The second kappa shape index (κ2) is 6.69. The molecule has 1 saturated heterocycles. The standard InChI is InChI=1S/C17H28N2O3.ClH/c1-17(2)11-8-19-14(13(11)17)12(20)7-10(15(21)16(18)22)6-9-4-3-5-9;/h9-11,13-15,19,21H,3-8H2,1-2H3,(H2,18,22);1H/t10?,11?,13-,14+,15?;/m0./s1. The minimum absolute atomic E-state index is 0. The maximum Gasteiger partial charge on any atom is 0.246 e. The highest BCUT2D eigenvalue weighted by Gasteiger charge is 2.65. The van der Waals surface area contributed by atoms with Gasteiger partial charge in [-0.3, -0.25) is 9.59 Å². The lowest BCUT2D eigenvalue weighted by molar-refractivity contribution is -0.131. The van der Waals surface area contributed by atoms with E-state index >= 15 is 0 Å². The van der Waals surface area contributed by atoms with Gasteiger partial charge in [0, 0.05) is 12.3 Å². The van der Waals surface area contributed by atoms with Crippen LogP contribution in [0.1, 0.15) is 46.0 Å². The topological polar surface area (TPSA) is 92.4 Å². The molecule has 0 radical (unpaired) electrons. The van der Waals surface area contributed by atoms with E-state index < -0.39 is 12.0 Å². The molecule has 3 aliphatic rings. The van der Waals surface area contributed by atoms with Crippen molar-refractivity contribution in [3.8, 4) is 0 Å². The summed E-state index contributed by atoms with van der Waals surface area (Å²) in [4.78, 5) is 24.0. The second-order valence-electron chi connectivity index (χ2n) is 8.15. The fraction of sp³-hybridized carbons (Fsp3) is 0.882. The van der Waals surface area contributed by atoms with E-state index in [2.05, 4.69) is 19.2 Å². The van der Waals surface area contributed by atoms with Crippen LogP contribution < -0.4 is 11.1 Å². The molecule has 6 heteroatoms. The number of carbonyl (C=O) groups excluding carboxylic acids is 2. The Hall–Kier alpha value is -0.650. The van der Waals surface area contributed by atoms with Crippen molar-refractivity contribution in [3.05, 3.63) is 0 Å². The highest BCUT2D eigenvalue weighted by Crippen LogP contribution is 2.62. The Bertz CT molecular complexity index is 478. The van der Waals surface area contributed by atoms with Gasteiger partial charge < -0.3 is 16.2 Å². The van der Waals surface area contributed by atoms with Gasteiger partial charge in [0.2, 0.25) is 5.91 Å². The summed E-state index contributed by atoms with van der Waals surface area (Å²) in [6.07, 6.45) is 3.28. The molecular weight excluding hydrogens is 316 g/mol. The zero-order valence-corrected chi connectivity index (χ0v) is 14.8. The molecule has 2 saturated carbocycles. The van der Waals surface area contributed by atoms with Crippen molar-refractivity contribution in [2.75, 3.05) is 6.54 Å². The second-order valence-corrected chi connectivity index (χ2v) is 8.15. The third-order valence-corrected chi connectivity index (χ3v) is 6.47. The number of nitrogens with two attached hydrogens (primary N) is 1. The van der Waals surface area contributed by atoms with Crippen LogP contribution in [-0.2, 0) is 9.59 Å². The molecule has 5 nitrogen and oxygen atoms in total. The highest BCUT2D eigenvalue weighted by molar-refractivity contribution is 5.87. The van der Waals surface area contributed by atoms with Crippen LogP contribution >= 0.6 is 12.4 Å². The third kappa shape index (κ3) is 3.42. The van der Waals surface area contributed by atoms with Crippen molar-refractivity contribution >= 4 is 24.1 Å². The SMILES string of the molecule is CC1(C)C2CN[C@H](C(=O)CC(CC3CCC3)C(O)C(N)=O)[C@H]21.Cl. The van der Waals surface area contributed by atoms with Crippen molar-refractivity contribution < 1.29 is 14.7 Å².